The summed E-state index contributed by atoms with van der Waals surface area (Å²) in [7, 11) is 1.56. The number of anilines is 1. The van der Waals surface area contributed by atoms with Gasteiger partial charge in [-0.1, -0.05) is 18.6 Å². The lowest BCUT2D eigenvalue weighted by molar-refractivity contribution is -0.149. The molecule has 0 saturated heterocycles. The SMILES string of the molecule is CCOC(Cc1ccc(OCCN(CCCCCC(C)(F)F)C(=O)Nc2ccc(OC)cc2)cc1)C(=O)O. The van der Waals surface area contributed by atoms with Crippen molar-refractivity contribution in [3.63, 3.8) is 0 Å². The van der Waals surface area contributed by atoms with Crippen LogP contribution < -0.4 is 14.8 Å². The second-order valence-electron chi connectivity index (χ2n) is 9.01. The van der Waals surface area contributed by atoms with E-state index in [1.807, 2.05) is 0 Å². The molecule has 210 valence electrons. The molecule has 0 aliphatic carbocycles. The molecule has 2 amide bonds. The number of benzene rings is 2. The molecule has 0 bridgehead atoms. The van der Waals surface area contributed by atoms with Crippen LogP contribution >= 0.6 is 0 Å². The molecule has 8 nitrogen and oxygen atoms in total. The van der Waals surface area contributed by atoms with Crippen LogP contribution in [-0.4, -0.2) is 67.4 Å². The topological polar surface area (TPSA) is 97.3 Å². The predicted molar refractivity (Wildman–Crippen MR) is 141 cm³/mol. The Kier molecular flexibility index (Phi) is 12.8. The van der Waals surface area contributed by atoms with Crippen molar-refractivity contribution < 1.29 is 37.7 Å². The van der Waals surface area contributed by atoms with Gasteiger partial charge >= 0.3 is 12.0 Å². The largest absolute Gasteiger partial charge is 0.497 e. The summed E-state index contributed by atoms with van der Waals surface area (Å²) in [4.78, 5) is 25.8. The molecular formula is C28H38F2N2O6. The molecule has 38 heavy (non-hydrogen) atoms. The van der Waals surface area contributed by atoms with Gasteiger partial charge in [0.05, 0.1) is 13.7 Å². The fourth-order valence-corrected chi connectivity index (χ4v) is 3.73. The number of rotatable bonds is 17. The second-order valence-corrected chi connectivity index (χ2v) is 9.01. The predicted octanol–water partition coefficient (Wildman–Crippen LogP) is 5.86. The fourth-order valence-electron chi connectivity index (χ4n) is 3.73. The van der Waals surface area contributed by atoms with E-state index < -0.39 is 18.0 Å². The Morgan fingerprint density at radius 1 is 1.00 bits per heavy atom. The van der Waals surface area contributed by atoms with E-state index >= 15 is 0 Å². The third-order valence-electron chi connectivity index (χ3n) is 5.79. The molecule has 0 spiro atoms. The highest BCUT2D eigenvalue weighted by Gasteiger charge is 2.20. The Balaban J connectivity index is 1.92. The number of alkyl halides is 2. The number of methoxy groups -OCH3 is 1. The Bertz CT molecular complexity index is 980. The van der Waals surface area contributed by atoms with Crippen molar-refractivity contribution in [2.45, 2.75) is 58.0 Å². The molecule has 0 aromatic heterocycles. The lowest BCUT2D eigenvalue weighted by Crippen LogP contribution is -2.38. The van der Waals surface area contributed by atoms with E-state index in [0.29, 0.717) is 56.1 Å². The number of carbonyl (C=O) groups is 2. The van der Waals surface area contributed by atoms with Gasteiger partial charge in [-0.05, 0) is 68.7 Å². The highest BCUT2D eigenvalue weighted by atomic mass is 19.3. The van der Waals surface area contributed by atoms with Crippen molar-refractivity contribution in [2.75, 3.05) is 38.7 Å². The molecule has 0 aliphatic rings. The molecule has 0 aliphatic heterocycles. The van der Waals surface area contributed by atoms with E-state index in [0.717, 1.165) is 12.5 Å². The van der Waals surface area contributed by atoms with Crippen LogP contribution in [0.2, 0.25) is 0 Å². The third kappa shape index (κ3) is 11.8. The first-order valence-electron chi connectivity index (χ1n) is 12.7. The summed E-state index contributed by atoms with van der Waals surface area (Å²) in [5.41, 5.74) is 1.41. The van der Waals surface area contributed by atoms with Gasteiger partial charge in [0.25, 0.3) is 0 Å². The van der Waals surface area contributed by atoms with Crippen molar-refractivity contribution in [3.05, 3.63) is 54.1 Å². The summed E-state index contributed by atoms with van der Waals surface area (Å²) in [6, 6.07) is 13.7. The number of amides is 2. The van der Waals surface area contributed by atoms with Gasteiger partial charge in [0, 0.05) is 31.7 Å². The quantitative estimate of drug-likeness (QED) is 0.246. The van der Waals surface area contributed by atoms with Gasteiger partial charge < -0.3 is 29.5 Å². The average molecular weight is 537 g/mol. The van der Waals surface area contributed by atoms with Gasteiger partial charge in [0.1, 0.15) is 18.1 Å². The van der Waals surface area contributed by atoms with Gasteiger partial charge in [-0.2, -0.15) is 0 Å². The number of unbranched alkanes of at least 4 members (excludes halogenated alkanes) is 2. The lowest BCUT2D eigenvalue weighted by Gasteiger charge is -2.23. The Labute approximate surface area is 222 Å². The maximum absolute atomic E-state index is 13.1. The van der Waals surface area contributed by atoms with E-state index in [1.165, 1.54) is 0 Å². The number of hydrogen-bond donors (Lipinski definition) is 2. The van der Waals surface area contributed by atoms with E-state index in [2.05, 4.69) is 5.32 Å². The number of nitrogens with zero attached hydrogens (tertiary/aromatic N) is 1. The molecule has 1 atom stereocenters. The summed E-state index contributed by atoms with van der Waals surface area (Å²) in [6.07, 6.45) is 0.705. The minimum atomic E-state index is -2.69. The van der Waals surface area contributed by atoms with Crippen molar-refractivity contribution in [2.24, 2.45) is 0 Å². The zero-order valence-electron chi connectivity index (χ0n) is 22.3. The number of urea groups is 1. The first-order chi connectivity index (χ1) is 18.1. The van der Waals surface area contributed by atoms with Crippen LogP contribution in [0.15, 0.2) is 48.5 Å². The van der Waals surface area contributed by atoms with Crippen LogP contribution in [0.25, 0.3) is 0 Å². The van der Waals surface area contributed by atoms with Crippen molar-refractivity contribution >= 4 is 17.7 Å². The van der Waals surface area contributed by atoms with Crippen molar-refractivity contribution in [1.29, 1.82) is 0 Å². The second kappa shape index (κ2) is 15.8. The van der Waals surface area contributed by atoms with Crippen molar-refractivity contribution in [1.82, 2.24) is 4.90 Å². The standard InChI is InChI=1S/C28H38F2N2O6/c1-4-37-25(26(33)34)20-21-8-12-24(13-9-21)38-19-18-32(17-7-5-6-16-28(2,29)30)27(35)31-22-10-14-23(36-3)15-11-22/h8-15,25H,4-7,16-20H2,1-3H3,(H,31,35)(H,33,34). The van der Waals surface area contributed by atoms with Crippen LogP contribution in [0, 0.1) is 0 Å². The smallest absolute Gasteiger partial charge is 0.333 e. The number of aliphatic carboxylic acids is 1. The molecule has 2 aromatic carbocycles. The molecule has 1 unspecified atom stereocenters. The van der Waals surface area contributed by atoms with Gasteiger partial charge in [-0.3, -0.25) is 0 Å². The summed E-state index contributed by atoms with van der Waals surface area (Å²) in [5, 5.41) is 12.1. The maximum atomic E-state index is 13.1. The number of nitrogens with one attached hydrogen (secondary N) is 1. The first kappa shape index (κ1) is 30.8. The van der Waals surface area contributed by atoms with Crippen molar-refractivity contribution in [3.8, 4) is 11.5 Å². The molecule has 2 aromatic rings. The highest BCUT2D eigenvalue weighted by molar-refractivity contribution is 5.89. The van der Waals surface area contributed by atoms with Crippen LogP contribution in [0.4, 0.5) is 19.3 Å². The van der Waals surface area contributed by atoms with Gasteiger partial charge in [-0.15, -0.1) is 0 Å². The molecule has 0 radical (unpaired) electrons. The number of ether oxygens (including phenoxy) is 3. The van der Waals surface area contributed by atoms with Gasteiger partial charge in [0.2, 0.25) is 5.92 Å². The fraction of sp³-hybridized carbons (Fsp3) is 0.500. The zero-order valence-corrected chi connectivity index (χ0v) is 22.3. The van der Waals surface area contributed by atoms with E-state index in [4.69, 9.17) is 14.2 Å². The first-order valence-corrected chi connectivity index (χ1v) is 12.7. The van der Waals surface area contributed by atoms with Gasteiger partial charge in [0.15, 0.2) is 6.10 Å². The van der Waals surface area contributed by atoms with Gasteiger partial charge in [-0.25, -0.2) is 18.4 Å². The van der Waals surface area contributed by atoms with Crippen LogP contribution in [0.5, 0.6) is 11.5 Å². The Morgan fingerprint density at radius 3 is 2.24 bits per heavy atom. The summed E-state index contributed by atoms with van der Waals surface area (Å²) < 4.78 is 42.4. The number of carbonyl (C=O) groups excluding carboxylic acids is 1. The van der Waals surface area contributed by atoms with E-state index in [1.54, 1.807) is 67.5 Å². The number of hydrogen-bond acceptors (Lipinski definition) is 5. The maximum Gasteiger partial charge on any atom is 0.333 e. The number of halogens is 2. The molecule has 2 N–H and O–H groups in total. The number of carboxylic acids is 1. The van der Waals surface area contributed by atoms with Crippen LogP contribution in [-0.2, 0) is 16.0 Å². The highest BCUT2D eigenvalue weighted by Crippen LogP contribution is 2.21. The minimum absolute atomic E-state index is 0.179. The number of carboxylic acid groups (broad SMARTS) is 1. The average Bonchev–Trinajstić information content (AvgIpc) is 2.87. The molecule has 0 fully saturated rings. The Hall–Kier alpha value is -3.40. The molecule has 2 rings (SSSR count). The normalized spacial score (nSPS) is 12.0. The minimum Gasteiger partial charge on any atom is -0.497 e. The molecule has 0 saturated carbocycles. The van der Waals surface area contributed by atoms with E-state index in [9.17, 15) is 23.5 Å². The van der Waals surface area contributed by atoms with Crippen LogP contribution in [0.1, 0.15) is 45.1 Å². The van der Waals surface area contributed by atoms with E-state index in [-0.39, 0.29) is 25.5 Å². The molecular weight excluding hydrogens is 498 g/mol. The molecule has 0 heterocycles. The summed E-state index contributed by atoms with van der Waals surface area (Å²) in [5.74, 6) is -2.45. The lowest BCUT2D eigenvalue weighted by atomic mass is 10.1. The third-order valence-corrected chi connectivity index (χ3v) is 5.79. The summed E-state index contributed by atoms with van der Waals surface area (Å²) in [6.45, 7) is 3.88. The molecule has 10 heteroatoms. The monoisotopic (exact) mass is 536 g/mol. The summed E-state index contributed by atoms with van der Waals surface area (Å²) >= 11 is 0. The van der Waals surface area contributed by atoms with Crippen LogP contribution in [0.3, 0.4) is 0 Å². The Morgan fingerprint density at radius 2 is 1.66 bits per heavy atom. The zero-order chi connectivity index (χ0) is 28.0.